The van der Waals surface area contributed by atoms with Crippen molar-refractivity contribution in [2.45, 2.75) is 11.7 Å². The number of aliphatic hydroxyl groups is 1. The molecule has 0 atom stereocenters. The van der Waals surface area contributed by atoms with Gasteiger partial charge in [-0.3, -0.25) is 0 Å². The Morgan fingerprint density at radius 3 is 2.81 bits per heavy atom. The molecule has 0 spiro atoms. The molecule has 1 N–H and O–H groups in total. The molecule has 0 unspecified atom stereocenters. The van der Waals surface area contributed by atoms with Gasteiger partial charge in [0, 0.05) is 18.5 Å². The van der Waals surface area contributed by atoms with E-state index in [4.69, 9.17) is 14.5 Å². The fourth-order valence-electron chi connectivity index (χ4n) is 3.01. The van der Waals surface area contributed by atoms with Crippen LogP contribution in [0.4, 0.5) is 5.82 Å². The van der Waals surface area contributed by atoms with Crippen LogP contribution in [-0.2, 0) is 6.54 Å². The van der Waals surface area contributed by atoms with Crippen molar-refractivity contribution in [3.05, 3.63) is 48.0 Å². The average Bonchev–Trinajstić information content (AvgIpc) is 3.14. The Balaban J connectivity index is 1.73. The lowest BCUT2D eigenvalue weighted by Gasteiger charge is -2.24. The van der Waals surface area contributed by atoms with E-state index in [1.54, 1.807) is 0 Å². The Morgan fingerprint density at radius 1 is 1.12 bits per heavy atom. The van der Waals surface area contributed by atoms with E-state index in [9.17, 15) is 5.11 Å². The largest absolute Gasteiger partial charge is 0.454 e. The molecule has 2 aromatic carbocycles. The van der Waals surface area contributed by atoms with Crippen molar-refractivity contribution >= 4 is 28.5 Å². The normalized spacial score (nSPS) is 12.5. The number of fused-ring (bicyclic) bond motifs is 2. The summed E-state index contributed by atoms with van der Waals surface area (Å²) in [5.74, 6) is 2.34. The fraction of sp³-hybridized carbons (Fsp3) is 0.263. The molecule has 2 heterocycles. The first-order valence-corrected chi connectivity index (χ1v) is 9.56. The lowest BCUT2D eigenvalue weighted by Crippen LogP contribution is -2.27. The highest BCUT2D eigenvalue weighted by Gasteiger charge is 2.17. The maximum Gasteiger partial charge on any atom is 0.231 e. The third-order valence-electron chi connectivity index (χ3n) is 4.23. The Kier molecular flexibility index (Phi) is 4.81. The number of aliphatic hydroxyl groups excluding tert-OH is 1. The van der Waals surface area contributed by atoms with Gasteiger partial charge in [-0.15, -0.1) is 0 Å². The Bertz CT molecular complexity index is 935. The predicted molar refractivity (Wildman–Crippen MR) is 102 cm³/mol. The molecule has 0 saturated heterocycles. The van der Waals surface area contributed by atoms with Crippen molar-refractivity contribution < 1.29 is 14.6 Å². The van der Waals surface area contributed by atoms with Gasteiger partial charge in [0.25, 0.3) is 0 Å². The van der Waals surface area contributed by atoms with Gasteiger partial charge in [0.05, 0.1) is 12.1 Å². The van der Waals surface area contributed by atoms with Gasteiger partial charge in [-0.25, -0.2) is 9.97 Å². The van der Waals surface area contributed by atoms with Crippen LogP contribution in [0.5, 0.6) is 11.5 Å². The summed E-state index contributed by atoms with van der Waals surface area (Å²) >= 11 is 1.51. The summed E-state index contributed by atoms with van der Waals surface area (Å²) in [4.78, 5) is 11.4. The second-order valence-corrected chi connectivity index (χ2v) is 6.66. The number of rotatable bonds is 6. The summed E-state index contributed by atoms with van der Waals surface area (Å²) < 4.78 is 10.9. The zero-order valence-corrected chi connectivity index (χ0v) is 15.2. The minimum atomic E-state index is 0.0392. The zero-order valence-electron chi connectivity index (χ0n) is 14.4. The molecular formula is C19H19N3O3S. The van der Waals surface area contributed by atoms with Gasteiger partial charge in [-0.2, -0.15) is 0 Å². The second-order valence-electron chi connectivity index (χ2n) is 5.88. The quantitative estimate of drug-likeness (QED) is 0.529. The number of aromatic nitrogens is 2. The third-order valence-corrected chi connectivity index (χ3v) is 4.77. The molecule has 134 valence electrons. The smallest absolute Gasteiger partial charge is 0.231 e. The first kappa shape index (κ1) is 16.9. The van der Waals surface area contributed by atoms with E-state index in [1.807, 2.05) is 48.7 Å². The zero-order chi connectivity index (χ0) is 17.9. The van der Waals surface area contributed by atoms with Gasteiger partial charge >= 0.3 is 0 Å². The average molecular weight is 369 g/mol. The van der Waals surface area contributed by atoms with E-state index in [0.29, 0.717) is 18.2 Å². The van der Waals surface area contributed by atoms with Gasteiger partial charge in [0.2, 0.25) is 6.79 Å². The van der Waals surface area contributed by atoms with Crippen molar-refractivity contribution in [2.75, 3.05) is 31.1 Å². The summed E-state index contributed by atoms with van der Waals surface area (Å²) in [6.45, 7) is 1.37. The molecule has 0 amide bonds. The molecule has 0 radical (unpaired) electrons. The lowest BCUT2D eigenvalue weighted by molar-refractivity contribution is 0.174. The summed E-state index contributed by atoms with van der Waals surface area (Å²) in [5.41, 5.74) is 1.96. The molecule has 1 aromatic heterocycles. The van der Waals surface area contributed by atoms with E-state index in [1.165, 1.54) is 11.8 Å². The number of hydrogen-bond donors (Lipinski definition) is 1. The van der Waals surface area contributed by atoms with Crippen molar-refractivity contribution in [2.24, 2.45) is 0 Å². The SMILES string of the molecule is CSc1nc(N(CCO)Cc2ccc3c(c2)OCO3)c2ccccc2n1. The van der Waals surface area contributed by atoms with Crippen molar-refractivity contribution in [1.29, 1.82) is 0 Å². The number of benzene rings is 2. The Hall–Kier alpha value is -2.51. The van der Waals surface area contributed by atoms with Crippen molar-refractivity contribution in [1.82, 2.24) is 9.97 Å². The van der Waals surface area contributed by atoms with Crippen LogP contribution in [0.3, 0.4) is 0 Å². The summed E-state index contributed by atoms with van der Waals surface area (Å²) in [6.07, 6.45) is 1.96. The van der Waals surface area contributed by atoms with Crippen LogP contribution in [0.15, 0.2) is 47.6 Å². The van der Waals surface area contributed by atoms with E-state index in [-0.39, 0.29) is 13.4 Å². The van der Waals surface area contributed by atoms with Crippen LogP contribution >= 0.6 is 11.8 Å². The third kappa shape index (κ3) is 3.27. The molecule has 26 heavy (non-hydrogen) atoms. The molecule has 6 nitrogen and oxygen atoms in total. The van der Waals surface area contributed by atoms with Gasteiger partial charge in [0.1, 0.15) is 5.82 Å². The highest BCUT2D eigenvalue weighted by Crippen LogP contribution is 2.34. The number of ether oxygens (including phenoxy) is 2. The van der Waals surface area contributed by atoms with Crippen molar-refractivity contribution in [3.8, 4) is 11.5 Å². The number of hydrogen-bond acceptors (Lipinski definition) is 7. The first-order valence-electron chi connectivity index (χ1n) is 8.33. The number of nitrogens with zero attached hydrogens (tertiary/aromatic N) is 3. The highest BCUT2D eigenvalue weighted by molar-refractivity contribution is 7.98. The Labute approximate surface area is 155 Å². The molecule has 4 rings (SSSR count). The van der Waals surface area contributed by atoms with Crippen LogP contribution in [0.25, 0.3) is 10.9 Å². The number of anilines is 1. The topological polar surface area (TPSA) is 67.7 Å². The molecule has 0 fully saturated rings. The van der Waals surface area contributed by atoms with Gasteiger partial charge in [-0.1, -0.05) is 30.0 Å². The van der Waals surface area contributed by atoms with Gasteiger partial charge < -0.3 is 19.5 Å². The van der Waals surface area contributed by atoms with Gasteiger partial charge in [0.15, 0.2) is 16.7 Å². The Morgan fingerprint density at radius 2 is 1.96 bits per heavy atom. The predicted octanol–water partition coefficient (Wildman–Crippen LogP) is 3.08. The van der Waals surface area contributed by atoms with Crippen LogP contribution in [-0.4, -0.2) is 41.3 Å². The van der Waals surface area contributed by atoms with E-state index < -0.39 is 0 Å². The van der Waals surface area contributed by atoms with E-state index in [0.717, 1.165) is 33.8 Å². The summed E-state index contributed by atoms with van der Waals surface area (Å²) in [7, 11) is 0. The summed E-state index contributed by atoms with van der Waals surface area (Å²) in [5, 5.41) is 11.3. The van der Waals surface area contributed by atoms with Gasteiger partial charge in [-0.05, 0) is 36.1 Å². The minimum Gasteiger partial charge on any atom is -0.454 e. The lowest BCUT2D eigenvalue weighted by atomic mass is 10.1. The minimum absolute atomic E-state index is 0.0392. The maximum atomic E-state index is 9.59. The molecule has 0 saturated carbocycles. The summed E-state index contributed by atoms with van der Waals surface area (Å²) in [6, 6.07) is 13.8. The fourth-order valence-corrected chi connectivity index (χ4v) is 3.38. The standard InChI is InChI=1S/C19H19N3O3S/c1-26-19-20-15-5-3-2-4-14(15)18(21-19)22(8-9-23)11-13-6-7-16-17(10-13)25-12-24-16/h2-7,10,23H,8-9,11-12H2,1H3. The van der Waals surface area contributed by atoms with Crippen LogP contribution in [0.2, 0.25) is 0 Å². The molecule has 1 aliphatic heterocycles. The molecule has 0 bridgehead atoms. The van der Waals surface area contributed by atoms with Crippen LogP contribution in [0, 0.1) is 0 Å². The first-order chi connectivity index (χ1) is 12.8. The van der Waals surface area contributed by atoms with Crippen molar-refractivity contribution in [3.63, 3.8) is 0 Å². The molecule has 0 aliphatic carbocycles. The number of thioether (sulfide) groups is 1. The second kappa shape index (κ2) is 7.39. The number of para-hydroxylation sites is 1. The van der Waals surface area contributed by atoms with E-state index >= 15 is 0 Å². The molecule has 1 aliphatic rings. The molecule has 7 heteroatoms. The van der Waals surface area contributed by atoms with E-state index in [2.05, 4.69) is 9.88 Å². The monoisotopic (exact) mass is 369 g/mol. The van der Waals surface area contributed by atoms with Crippen LogP contribution < -0.4 is 14.4 Å². The highest BCUT2D eigenvalue weighted by atomic mass is 32.2. The molecular weight excluding hydrogens is 350 g/mol. The molecule has 3 aromatic rings. The van der Waals surface area contributed by atoms with Crippen LogP contribution in [0.1, 0.15) is 5.56 Å². The maximum absolute atomic E-state index is 9.59.